The lowest BCUT2D eigenvalue weighted by Crippen LogP contribution is -2.44. The summed E-state index contributed by atoms with van der Waals surface area (Å²) < 4.78 is 5.97. The highest BCUT2D eigenvalue weighted by molar-refractivity contribution is 5.79. The number of benzene rings is 2. The Bertz CT molecular complexity index is 817. The number of hydrogen-bond acceptors (Lipinski definition) is 3. The summed E-state index contributed by atoms with van der Waals surface area (Å²) in [6, 6.07) is 16.2. The summed E-state index contributed by atoms with van der Waals surface area (Å²) in [5, 5.41) is 3.48. The van der Waals surface area contributed by atoms with Crippen molar-refractivity contribution >= 4 is 5.91 Å². The average Bonchev–Trinajstić information content (AvgIpc) is 3.16. The maximum absolute atomic E-state index is 12.8. The Morgan fingerprint density at radius 2 is 1.93 bits per heavy atom. The Hall–Kier alpha value is -2.33. The van der Waals surface area contributed by atoms with Crippen molar-refractivity contribution in [3.05, 3.63) is 65.2 Å². The summed E-state index contributed by atoms with van der Waals surface area (Å²) in [4.78, 5) is 14.8. The van der Waals surface area contributed by atoms with Crippen molar-refractivity contribution in [2.24, 2.45) is 5.41 Å². The Labute approximate surface area is 167 Å². The quantitative estimate of drug-likeness (QED) is 0.862. The van der Waals surface area contributed by atoms with Gasteiger partial charge in [0.1, 0.15) is 12.4 Å². The summed E-state index contributed by atoms with van der Waals surface area (Å²) in [6.45, 7) is 6.68. The molecular formula is C24H30N2O2. The molecule has 4 nitrogen and oxygen atoms in total. The average molecular weight is 379 g/mol. The van der Waals surface area contributed by atoms with Crippen LogP contribution in [0.15, 0.2) is 48.5 Å². The third-order valence-electron chi connectivity index (χ3n) is 6.42. The van der Waals surface area contributed by atoms with Crippen LogP contribution in [0.2, 0.25) is 0 Å². The molecule has 2 fully saturated rings. The first kappa shape index (κ1) is 19.0. The fraction of sp³-hybridized carbons (Fsp3) is 0.458. The van der Waals surface area contributed by atoms with E-state index in [0.717, 1.165) is 50.3 Å². The first-order chi connectivity index (χ1) is 13.6. The van der Waals surface area contributed by atoms with Gasteiger partial charge in [-0.25, -0.2) is 0 Å². The van der Waals surface area contributed by atoms with Crippen molar-refractivity contribution in [3.8, 4) is 5.75 Å². The zero-order valence-electron chi connectivity index (χ0n) is 16.7. The van der Waals surface area contributed by atoms with Crippen LogP contribution < -0.4 is 10.1 Å². The van der Waals surface area contributed by atoms with E-state index in [1.54, 1.807) is 0 Å². The molecule has 0 aromatic heterocycles. The van der Waals surface area contributed by atoms with E-state index in [4.69, 9.17) is 4.74 Å². The fourth-order valence-electron chi connectivity index (χ4n) is 4.42. The first-order valence-electron chi connectivity index (χ1n) is 10.4. The summed E-state index contributed by atoms with van der Waals surface area (Å²) in [5.74, 6) is 1.06. The van der Waals surface area contributed by atoms with E-state index >= 15 is 0 Å². The number of amides is 1. The number of carbonyl (C=O) groups is 1. The molecule has 0 bridgehead atoms. The van der Waals surface area contributed by atoms with Crippen LogP contribution in [0.1, 0.15) is 36.0 Å². The highest BCUT2D eigenvalue weighted by atomic mass is 16.5. The molecule has 0 aliphatic carbocycles. The van der Waals surface area contributed by atoms with Crippen molar-refractivity contribution in [2.45, 2.75) is 39.2 Å². The van der Waals surface area contributed by atoms with E-state index in [0.29, 0.717) is 18.4 Å². The van der Waals surface area contributed by atoms with Gasteiger partial charge in [0.25, 0.3) is 0 Å². The number of likely N-dealkylation sites (tertiary alicyclic amines) is 1. The van der Waals surface area contributed by atoms with Gasteiger partial charge in [0.15, 0.2) is 0 Å². The number of aryl methyl sites for hydroxylation is 1. The standard InChI is InChI=1S/C24H30N2O2/c1-19-5-2-3-7-21(19)17-28-22-8-4-6-20(15-22)16-23(27)26-13-10-24(11-14-26)9-12-25-18-24/h2-8,15,25H,9-14,16-18H2,1H3. The largest absolute Gasteiger partial charge is 0.489 e. The highest BCUT2D eigenvalue weighted by Gasteiger charge is 2.37. The molecule has 2 aromatic carbocycles. The number of rotatable bonds is 5. The molecule has 4 heteroatoms. The van der Waals surface area contributed by atoms with Crippen LogP contribution in [0.3, 0.4) is 0 Å². The van der Waals surface area contributed by atoms with E-state index < -0.39 is 0 Å². The molecule has 2 aliphatic rings. The van der Waals surface area contributed by atoms with Crippen LogP contribution in [0.25, 0.3) is 0 Å². The molecule has 0 radical (unpaired) electrons. The second-order valence-corrected chi connectivity index (χ2v) is 8.35. The minimum atomic E-state index is 0.233. The Morgan fingerprint density at radius 3 is 2.68 bits per heavy atom. The zero-order valence-corrected chi connectivity index (χ0v) is 16.7. The summed E-state index contributed by atoms with van der Waals surface area (Å²) in [5.41, 5.74) is 3.89. The Balaban J connectivity index is 1.32. The van der Waals surface area contributed by atoms with E-state index in [1.165, 1.54) is 17.5 Å². The smallest absolute Gasteiger partial charge is 0.226 e. The molecule has 0 saturated carbocycles. The van der Waals surface area contributed by atoms with Crippen LogP contribution in [0.4, 0.5) is 0 Å². The van der Waals surface area contributed by atoms with E-state index in [2.05, 4.69) is 24.4 Å². The van der Waals surface area contributed by atoms with Crippen LogP contribution in [0.5, 0.6) is 5.75 Å². The molecule has 1 N–H and O–H groups in total. The van der Waals surface area contributed by atoms with Gasteiger partial charge >= 0.3 is 0 Å². The molecular weight excluding hydrogens is 348 g/mol. The number of piperidine rings is 1. The second-order valence-electron chi connectivity index (χ2n) is 8.35. The summed E-state index contributed by atoms with van der Waals surface area (Å²) in [6.07, 6.45) is 3.97. The summed E-state index contributed by atoms with van der Waals surface area (Å²) >= 11 is 0. The topological polar surface area (TPSA) is 41.6 Å². The molecule has 2 aliphatic heterocycles. The van der Waals surface area contributed by atoms with Crippen molar-refractivity contribution in [2.75, 3.05) is 26.2 Å². The van der Waals surface area contributed by atoms with E-state index in [-0.39, 0.29) is 5.91 Å². The van der Waals surface area contributed by atoms with Gasteiger partial charge in [-0.3, -0.25) is 4.79 Å². The van der Waals surface area contributed by atoms with Crippen LogP contribution in [-0.4, -0.2) is 37.0 Å². The third-order valence-corrected chi connectivity index (χ3v) is 6.42. The minimum Gasteiger partial charge on any atom is -0.489 e. The van der Waals surface area contributed by atoms with Gasteiger partial charge in [-0.15, -0.1) is 0 Å². The zero-order chi connectivity index (χ0) is 19.4. The Morgan fingerprint density at radius 1 is 1.11 bits per heavy atom. The van der Waals surface area contributed by atoms with Crippen LogP contribution >= 0.6 is 0 Å². The lowest BCUT2D eigenvalue weighted by molar-refractivity contribution is -0.132. The molecule has 28 heavy (non-hydrogen) atoms. The van der Waals surface area contributed by atoms with Gasteiger partial charge in [0, 0.05) is 19.6 Å². The van der Waals surface area contributed by atoms with Gasteiger partial charge in [-0.05, 0) is 67.0 Å². The molecule has 2 heterocycles. The van der Waals surface area contributed by atoms with Crippen LogP contribution in [0, 0.1) is 12.3 Å². The van der Waals surface area contributed by atoms with Crippen LogP contribution in [-0.2, 0) is 17.8 Å². The monoisotopic (exact) mass is 378 g/mol. The molecule has 1 amide bonds. The predicted octanol–water partition coefficient (Wildman–Crippen LogP) is 3.72. The number of hydrogen-bond donors (Lipinski definition) is 1. The lowest BCUT2D eigenvalue weighted by atomic mass is 9.78. The minimum absolute atomic E-state index is 0.233. The molecule has 2 saturated heterocycles. The molecule has 2 aromatic rings. The fourth-order valence-corrected chi connectivity index (χ4v) is 4.42. The van der Waals surface area contributed by atoms with Gasteiger partial charge in [-0.1, -0.05) is 36.4 Å². The normalized spacial score (nSPS) is 18.4. The maximum Gasteiger partial charge on any atom is 0.226 e. The van der Waals surface area contributed by atoms with Crippen molar-refractivity contribution in [1.82, 2.24) is 10.2 Å². The maximum atomic E-state index is 12.8. The number of carbonyl (C=O) groups excluding carboxylic acids is 1. The molecule has 0 atom stereocenters. The van der Waals surface area contributed by atoms with Crippen molar-refractivity contribution < 1.29 is 9.53 Å². The predicted molar refractivity (Wildman–Crippen MR) is 111 cm³/mol. The van der Waals surface area contributed by atoms with Crippen molar-refractivity contribution in [1.29, 1.82) is 0 Å². The van der Waals surface area contributed by atoms with Gasteiger partial charge < -0.3 is 15.0 Å². The number of ether oxygens (including phenoxy) is 1. The lowest BCUT2D eigenvalue weighted by Gasteiger charge is -2.39. The van der Waals surface area contributed by atoms with E-state index in [9.17, 15) is 4.79 Å². The first-order valence-corrected chi connectivity index (χ1v) is 10.4. The van der Waals surface area contributed by atoms with Gasteiger partial charge in [-0.2, -0.15) is 0 Å². The molecule has 0 unspecified atom stereocenters. The highest BCUT2D eigenvalue weighted by Crippen LogP contribution is 2.37. The number of nitrogens with one attached hydrogen (secondary N) is 1. The van der Waals surface area contributed by atoms with Gasteiger partial charge in [0.2, 0.25) is 5.91 Å². The third kappa shape index (κ3) is 4.39. The Kier molecular flexibility index (Phi) is 5.67. The molecule has 148 valence electrons. The van der Waals surface area contributed by atoms with Crippen molar-refractivity contribution in [3.63, 3.8) is 0 Å². The van der Waals surface area contributed by atoms with E-state index in [1.807, 2.05) is 41.3 Å². The second kappa shape index (κ2) is 8.36. The SMILES string of the molecule is Cc1ccccc1COc1cccc(CC(=O)N2CCC3(CCNC3)CC2)c1. The number of nitrogens with zero attached hydrogens (tertiary/aromatic N) is 1. The summed E-state index contributed by atoms with van der Waals surface area (Å²) in [7, 11) is 0. The molecule has 1 spiro atoms. The molecule has 4 rings (SSSR count). The van der Waals surface area contributed by atoms with Gasteiger partial charge in [0.05, 0.1) is 6.42 Å².